The van der Waals surface area contributed by atoms with Crippen molar-refractivity contribution in [1.82, 2.24) is 16.1 Å². The molecule has 2 amide bonds. The molecule has 1 aromatic carbocycles. The number of fused-ring (bicyclic) bond motifs is 1. The molecule has 1 aromatic rings. The van der Waals surface area contributed by atoms with Crippen molar-refractivity contribution >= 4 is 28.7 Å². The summed E-state index contributed by atoms with van der Waals surface area (Å²) in [5.41, 5.74) is 4.81. The molecular weight excluding hydrogens is 356 g/mol. The fourth-order valence-electron chi connectivity index (χ4n) is 2.43. The number of ether oxygens (including phenoxy) is 2. The smallest absolute Gasteiger partial charge is 0.233 e. The molecule has 0 unspecified atom stereocenters. The van der Waals surface area contributed by atoms with Gasteiger partial charge < -0.3 is 20.1 Å². The molecule has 1 saturated heterocycles. The molecule has 3 N–H and O–H groups in total. The molecule has 0 aromatic heterocycles. The van der Waals surface area contributed by atoms with Gasteiger partial charge >= 0.3 is 0 Å². The SMILES string of the molecule is CNC(=O)[C@@H]1CC(=O)N/C(=N\N/C(C)=C\Cc2ccc3c(c2)OCO3)S1. The number of carbonyl (C=O) groups excluding carboxylic acids is 2. The molecular formula is C17H20N4O4S. The van der Waals surface area contributed by atoms with Gasteiger partial charge in [-0.2, -0.15) is 5.10 Å². The van der Waals surface area contributed by atoms with Crippen molar-refractivity contribution in [3.05, 3.63) is 35.5 Å². The van der Waals surface area contributed by atoms with Crippen LogP contribution >= 0.6 is 11.8 Å². The summed E-state index contributed by atoms with van der Waals surface area (Å²) in [5, 5.41) is 9.30. The predicted molar refractivity (Wildman–Crippen MR) is 98.8 cm³/mol. The van der Waals surface area contributed by atoms with Crippen LogP contribution in [0.3, 0.4) is 0 Å². The quantitative estimate of drug-likeness (QED) is 0.665. The second kappa shape index (κ2) is 8.13. The zero-order valence-electron chi connectivity index (χ0n) is 14.5. The van der Waals surface area contributed by atoms with Crippen molar-refractivity contribution in [2.24, 2.45) is 5.10 Å². The van der Waals surface area contributed by atoms with E-state index in [0.717, 1.165) is 22.8 Å². The van der Waals surface area contributed by atoms with Gasteiger partial charge in [0, 0.05) is 19.2 Å². The van der Waals surface area contributed by atoms with Crippen LogP contribution in [0.25, 0.3) is 0 Å². The summed E-state index contributed by atoms with van der Waals surface area (Å²) in [4.78, 5) is 23.4. The van der Waals surface area contributed by atoms with Crippen molar-refractivity contribution in [3.63, 3.8) is 0 Å². The van der Waals surface area contributed by atoms with Crippen LogP contribution in [-0.4, -0.2) is 36.1 Å². The molecule has 3 rings (SSSR count). The standard InChI is InChI=1S/C17H20N4O4S/c1-10(3-4-11-5-6-12-13(7-11)25-9-24-12)20-21-17-19-15(22)8-14(26-17)16(23)18-2/h3,5-7,14,20H,4,8-9H2,1-2H3,(H,18,23)(H,19,21,22)/b10-3-/t14-/m0/s1. The average Bonchev–Trinajstić information content (AvgIpc) is 3.11. The lowest BCUT2D eigenvalue weighted by molar-refractivity contribution is -0.125. The van der Waals surface area contributed by atoms with Crippen LogP contribution < -0.4 is 25.5 Å². The maximum atomic E-state index is 11.7. The number of benzene rings is 1. The second-order valence-corrected chi connectivity index (χ2v) is 6.97. The first-order chi connectivity index (χ1) is 12.5. The van der Waals surface area contributed by atoms with Crippen molar-refractivity contribution in [1.29, 1.82) is 0 Å². The van der Waals surface area contributed by atoms with Crippen molar-refractivity contribution < 1.29 is 19.1 Å². The first-order valence-corrected chi connectivity index (χ1v) is 9.00. The van der Waals surface area contributed by atoms with Gasteiger partial charge in [-0.3, -0.25) is 15.0 Å². The van der Waals surface area contributed by atoms with E-state index in [2.05, 4.69) is 21.2 Å². The van der Waals surface area contributed by atoms with E-state index >= 15 is 0 Å². The number of amides is 2. The molecule has 138 valence electrons. The van der Waals surface area contributed by atoms with E-state index < -0.39 is 5.25 Å². The van der Waals surface area contributed by atoms with Gasteiger partial charge in [0.05, 0.1) is 5.25 Å². The van der Waals surface area contributed by atoms with Gasteiger partial charge in [-0.1, -0.05) is 23.9 Å². The number of nitrogens with one attached hydrogen (secondary N) is 3. The Bertz CT molecular complexity index is 778. The average molecular weight is 376 g/mol. The predicted octanol–water partition coefficient (Wildman–Crippen LogP) is 1.09. The number of allylic oxidation sites excluding steroid dienone is 2. The van der Waals surface area contributed by atoms with Crippen molar-refractivity contribution in [2.75, 3.05) is 13.8 Å². The number of nitrogens with zero attached hydrogens (tertiary/aromatic N) is 1. The van der Waals surface area contributed by atoms with E-state index in [1.807, 2.05) is 31.2 Å². The molecule has 1 fully saturated rings. The van der Waals surface area contributed by atoms with E-state index in [0.29, 0.717) is 11.6 Å². The molecule has 2 aliphatic rings. The lowest BCUT2D eigenvalue weighted by atomic mass is 10.1. The summed E-state index contributed by atoms with van der Waals surface area (Å²) in [6.45, 7) is 2.13. The maximum absolute atomic E-state index is 11.7. The van der Waals surface area contributed by atoms with Gasteiger partial charge in [-0.25, -0.2) is 0 Å². The van der Waals surface area contributed by atoms with E-state index in [4.69, 9.17) is 9.47 Å². The van der Waals surface area contributed by atoms with Crippen molar-refractivity contribution in [2.45, 2.75) is 25.0 Å². The second-order valence-electron chi connectivity index (χ2n) is 5.78. The van der Waals surface area contributed by atoms with Gasteiger partial charge in [0.25, 0.3) is 0 Å². The van der Waals surface area contributed by atoms with Gasteiger partial charge in [0.2, 0.25) is 18.6 Å². The molecule has 0 spiro atoms. The number of hydrogen-bond acceptors (Lipinski definition) is 7. The first-order valence-electron chi connectivity index (χ1n) is 8.12. The fraction of sp³-hybridized carbons (Fsp3) is 0.353. The highest BCUT2D eigenvalue weighted by Crippen LogP contribution is 2.32. The number of carbonyl (C=O) groups is 2. The van der Waals surface area contributed by atoms with Gasteiger partial charge in [-0.15, -0.1) is 0 Å². The number of thioether (sulfide) groups is 1. The Morgan fingerprint density at radius 1 is 1.42 bits per heavy atom. The molecule has 1 atom stereocenters. The highest BCUT2D eigenvalue weighted by atomic mass is 32.2. The minimum absolute atomic E-state index is 0.141. The zero-order chi connectivity index (χ0) is 18.5. The minimum atomic E-state index is -0.466. The Labute approximate surface area is 155 Å². The maximum Gasteiger partial charge on any atom is 0.233 e. The summed E-state index contributed by atoms with van der Waals surface area (Å²) < 4.78 is 10.7. The molecule has 26 heavy (non-hydrogen) atoms. The molecule has 0 aliphatic carbocycles. The Kier molecular flexibility index (Phi) is 5.67. The highest BCUT2D eigenvalue weighted by molar-refractivity contribution is 8.15. The Hall–Kier alpha value is -2.68. The zero-order valence-corrected chi connectivity index (χ0v) is 15.3. The van der Waals surface area contributed by atoms with Crippen LogP contribution in [0.15, 0.2) is 35.1 Å². The van der Waals surface area contributed by atoms with Crippen LogP contribution in [0.2, 0.25) is 0 Å². The first kappa shape index (κ1) is 18.1. The Morgan fingerprint density at radius 3 is 3.04 bits per heavy atom. The van der Waals surface area contributed by atoms with Crippen LogP contribution in [0.5, 0.6) is 11.5 Å². The molecule has 2 heterocycles. The highest BCUT2D eigenvalue weighted by Gasteiger charge is 2.29. The van der Waals surface area contributed by atoms with Crippen LogP contribution in [-0.2, 0) is 16.0 Å². The normalized spacial score (nSPS) is 20.7. The third-order valence-electron chi connectivity index (χ3n) is 3.82. The molecule has 2 aliphatic heterocycles. The largest absolute Gasteiger partial charge is 0.454 e. The molecule has 9 heteroatoms. The number of hydrazone groups is 1. The van der Waals surface area contributed by atoms with Crippen LogP contribution in [0, 0.1) is 0 Å². The summed E-state index contributed by atoms with van der Waals surface area (Å²) in [5.74, 6) is 1.10. The lowest BCUT2D eigenvalue weighted by Crippen LogP contribution is -2.43. The number of amidine groups is 1. The molecule has 0 bridgehead atoms. The summed E-state index contributed by atoms with van der Waals surface area (Å²) in [7, 11) is 1.55. The van der Waals surface area contributed by atoms with E-state index in [-0.39, 0.29) is 25.0 Å². The van der Waals surface area contributed by atoms with Gasteiger partial charge in [0.15, 0.2) is 16.7 Å². The lowest BCUT2D eigenvalue weighted by Gasteiger charge is -2.21. The van der Waals surface area contributed by atoms with E-state index in [1.165, 1.54) is 11.8 Å². The number of rotatable bonds is 5. The fourth-order valence-corrected chi connectivity index (χ4v) is 3.43. The van der Waals surface area contributed by atoms with E-state index in [1.54, 1.807) is 7.05 Å². The summed E-state index contributed by atoms with van der Waals surface area (Å²) in [6, 6.07) is 5.82. The Balaban J connectivity index is 1.57. The molecule has 0 radical (unpaired) electrons. The monoisotopic (exact) mass is 376 g/mol. The Morgan fingerprint density at radius 2 is 2.23 bits per heavy atom. The third kappa shape index (κ3) is 4.48. The van der Waals surface area contributed by atoms with E-state index in [9.17, 15) is 9.59 Å². The summed E-state index contributed by atoms with van der Waals surface area (Å²) in [6.07, 6.45) is 2.82. The minimum Gasteiger partial charge on any atom is -0.454 e. The molecule has 0 saturated carbocycles. The van der Waals surface area contributed by atoms with Crippen LogP contribution in [0.1, 0.15) is 18.9 Å². The van der Waals surface area contributed by atoms with Crippen molar-refractivity contribution in [3.8, 4) is 11.5 Å². The molecule has 8 nitrogen and oxygen atoms in total. The third-order valence-corrected chi connectivity index (χ3v) is 4.91. The summed E-state index contributed by atoms with van der Waals surface area (Å²) >= 11 is 1.22. The van der Waals surface area contributed by atoms with Crippen LogP contribution in [0.4, 0.5) is 0 Å². The van der Waals surface area contributed by atoms with Gasteiger partial charge in [-0.05, 0) is 31.0 Å². The van der Waals surface area contributed by atoms with Gasteiger partial charge in [0.1, 0.15) is 0 Å². The topological polar surface area (TPSA) is 101 Å². The number of hydrogen-bond donors (Lipinski definition) is 3.